The van der Waals surface area contributed by atoms with E-state index in [9.17, 15) is 18.3 Å². The number of carbonyl (C=O) groups is 1. The van der Waals surface area contributed by atoms with Crippen molar-refractivity contribution in [2.75, 3.05) is 23.3 Å². The number of aliphatic hydroxyl groups excluding tert-OH is 1. The average Bonchev–Trinajstić information content (AvgIpc) is 2.77. The molecule has 3 aromatic carbocycles. The van der Waals surface area contributed by atoms with E-state index in [1.54, 1.807) is 56.3 Å². The Morgan fingerprint density at radius 1 is 1.06 bits per heavy atom. The lowest BCUT2D eigenvalue weighted by atomic mass is 9.99. The molecule has 0 aliphatic carbocycles. The van der Waals surface area contributed by atoms with E-state index >= 15 is 0 Å². The molecule has 0 radical (unpaired) electrons. The van der Waals surface area contributed by atoms with Crippen LogP contribution in [0.15, 0.2) is 71.6 Å². The summed E-state index contributed by atoms with van der Waals surface area (Å²) in [5.41, 5.74) is 2.12. The quantitative estimate of drug-likeness (QED) is 0.409. The summed E-state index contributed by atoms with van der Waals surface area (Å²) in [6, 6.07) is 18.0. The van der Waals surface area contributed by atoms with Crippen molar-refractivity contribution < 1.29 is 23.1 Å². The van der Waals surface area contributed by atoms with E-state index in [4.69, 9.17) is 16.3 Å². The lowest BCUT2D eigenvalue weighted by Gasteiger charge is -2.17. The molecule has 3 N–H and O–H groups in total. The summed E-state index contributed by atoms with van der Waals surface area (Å²) in [7, 11) is -3.98. The van der Waals surface area contributed by atoms with Gasteiger partial charge in [0.1, 0.15) is 10.6 Å². The van der Waals surface area contributed by atoms with Crippen molar-refractivity contribution in [2.45, 2.75) is 24.7 Å². The Bertz CT molecular complexity index is 1230. The van der Waals surface area contributed by atoms with Gasteiger partial charge in [-0.3, -0.25) is 9.52 Å². The van der Waals surface area contributed by atoms with E-state index in [1.165, 1.54) is 18.2 Å². The molecule has 0 heterocycles. The third-order valence-electron chi connectivity index (χ3n) is 4.91. The number of carbonyl (C=O) groups excluding carboxylic acids is 1. The zero-order valence-electron chi connectivity index (χ0n) is 18.2. The van der Waals surface area contributed by atoms with Crippen molar-refractivity contribution in [3.63, 3.8) is 0 Å². The number of nitrogens with one attached hydrogen (secondary N) is 2. The topological polar surface area (TPSA) is 105 Å². The Labute approximate surface area is 198 Å². The van der Waals surface area contributed by atoms with Crippen LogP contribution in [-0.4, -0.2) is 32.6 Å². The van der Waals surface area contributed by atoms with Crippen LogP contribution in [0.5, 0.6) is 5.75 Å². The fourth-order valence-electron chi connectivity index (χ4n) is 3.25. The van der Waals surface area contributed by atoms with Gasteiger partial charge in [-0.25, -0.2) is 8.42 Å². The average molecular weight is 489 g/mol. The molecule has 0 bridgehead atoms. The Morgan fingerprint density at radius 3 is 2.39 bits per heavy atom. The highest BCUT2D eigenvalue weighted by Gasteiger charge is 2.23. The van der Waals surface area contributed by atoms with Gasteiger partial charge in [0, 0.05) is 22.5 Å². The molecule has 7 nitrogen and oxygen atoms in total. The minimum absolute atomic E-state index is 0.0725. The van der Waals surface area contributed by atoms with Crippen LogP contribution in [0.2, 0.25) is 5.02 Å². The minimum Gasteiger partial charge on any atom is -0.492 e. The lowest BCUT2D eigenvalue weighted by molar-refractivity contribution is -0.118. The number of rotatable bonds is 9. The lowest BCUT2D eigenvalue weighted by Crippen LogP contribution is -2.24. The summed E-state index contributed by atoms with van der Waals surface area (Å²) < 4.78 is 34.1. The first-order chi connectivity index (χ1) is 15.7. The van der Waals surface area contributed by atoms with Gasteiger partial charge in [-0.15, -0.1) is 0 Å². The molecule has 1 atom stereocenters. The molecule has 1 amide bonds. The number of amides is 1. The van der Waals surface area contributed by atoms with Crippen molar-refractivity contribution in [3.05, 3.63) is 82.9 Å². The summed E-state index contributed by atoms with van der Waals surface area (Å²) in [5, 5.41) is 13.0. The van der Waals surface area contributed by atoms with Crippen LogP contribution in [0.25, 0.3) is 0 Å². The maximum Gasteiger partial charge on any atom is 0.265 e. The SMILES string of the molecule is CCOc1cc(NC(=O)[C@@H](CO)c2ccccc2)ccc1S(=O)(=O)Nc1ccc(Cl)c(C)c1. The summed E-state index contributed by atoms with van der Waals surface area (Å²) in [6.45, 7) is 3.36. The minimum atomic E-state index is -3.98. The second kappa shape index (κ2) is 10.7. The van der Waals surface area contributed by atoms with E-state index in [0.717, 1.165) is 5.56 Å². The van der Waals surface area contributed by atoms with Crippen molar-refractivity contribution in [1.82, 2.24) is 0 Å². The number of anilines is 2. The highest BCUT2D eigenvalue weighted by atomic mass is 35.5. The van der Waals surface area contributed by atoms with Crippen molar-refractivity contribution in [3.8, 4) is 5.75 Å². The predicted octanol–water partition coefficient (Wildman–Crippen LogP) is 4.56. The van der Waals surface area contributed by atoms with Crippen molar-refractivity contribution in [1.29, 1.82) is 0 Å². The van der Waals surface area contributed by atoms with Gasteiger partial charge in [-0.1, -0.05) is 41.9 Å². The molecule has 0 aromatic heterocycles. The van der Waals surface area contributed by atoms with Gasteiger partial charge in [0.05, 0.1) is 19.1 Å². The van der Waals surface area contributed by atoms with Crippen LogP contribution in [-0.2, 0) is 14.8 Å². The molecule has 33 heavy (non-hydrogen) atoms. The second-order valence-corrected chi connectivity index (χ2v) is 9.36. The highest BCUT2D eigenvalue weighted by molar-refractivity contribution is 7.92. The molecule has 3 aromatic rings. The van der Waals surface area contributed by atoms with E-state index in [0.29, 0.717) is 22.0 Å². The smallest absolute Gasteiger partial charge is 0.265 e. The molecule has 0 saturated heterocycles. The number of aryl methyl sites for hydroxylation is 1. The number of benzene rings is 3. The third-order valence-corrected chi connectivity index (χ3v) is 6.76. The number of halogens is 1. The van der Waals surface area contributed by atoms with E-state index in [1.807, 2.05) is 6.07 Å². The predicted molar refractivity (Wildman–Crippen MR) is 130 cm³/mol. The fourth-order valence-corrected chi connectivity index (χ4v) is 4.54. The van der Waals surface area contributed by atoms with Crippen LogP contribution in [0.4, 0.5) is 11.4 Å². The third kappa shape index (κ3) is 6.04. The summed E-state index contributed by atoms with van der Waals surface area (Å²) in [5.74, 6) is -1.09. The van der Waals surface area contributed by atoms with Crippen molar-refractivity contribution in [2.24, 2.45) is 0 Å². The van der Waals surface area contributed by atoms with Gasteiger partial charge >= 0.3 is 0 Å². The van der Waals surface area contributed by atoms with E-state index < -0.39 is 21.8 Å². The molecule has 174 valence electrons. The Hall–Kier alpha value is -3.07. The zero-order chi connectivity index (χ0) is 24.0. The standard InChI is InChI=1S/C24H25ClN2O5S/c1-3-32-22-14-18(26-24(29)20(15-28)17-7-5-4-6-8-17)10-12-23(22)33(30,31)27-19-9-11-21(25)16(2)13-19/h4-14,20,27-28H,3,15H2,1-2H3,(H,26,29)/t20-/m0/s1. The van der Waals surface area contributed by atoms with Crippen LogP contribution in [0, 0.1) is 6.92 Å². The summed E-state index contributed by atoms with van der Waals surface area (Å²) >= 11 is 6.02. The fraction of sp³-hybridized carbons (Fsp3) is 0.208. The molecular formula is C24H25ClN2O5S. The molecule has 0 fully saturated rings. The molecule has 0 saturated carbocycles. The van der Waals surface area contributed by atoms with Crippen LogP contribution >= 0.6 is 11.6 Å². The monoisotopic (exact) mass is 488 g/mol. The van der Waals surface area contributed by atoms with Gasteiger partial charge in [-0.05, 0) is 55.3 Å². The Balaban J connectivity index is 1.86. The number of hydrogen-bond donors (Lipinski definition) is 3. The van der Waals surface area contributed by atoms with E-state index in [-0.39, 0.29) is 23.9 Å². The number of sulfonamides is 1. The zero-order valence-corrected chi connectivity index (χ0v) is 19.8. The van der Waals surface area contributed by atoms with E-state index in [2.05, 4.69) is 10.0 Å². The maximum atomic E-state index is 13.0. The molecule has 0 unspecified atom stereocenters. The molecule has 0 aliphatic rings. The molecular weight excluding hydrogens is 464 g/mol. The van der Waals surface area contributed by atoms with Gasteiger partial charge in [-0.2, -0.15) is 0 Å². The number of ether oxygens (including phenoxy) is 1. The summed E-state index contributed by atoms with van der Waals surface area (Å²) in [4.78, 5) is 12.7. The van der Waals surface area contributed by atoms with Crippen LogP contribution in [0.3, 0.4) is 0 Å². The van der Waals surface area contributed by atoms with Crippen LogP contribution < -0.4 is 14.8 Å². The van der Waals surface area contributed by atoms with Crippen LogP contribution in [0.1, 0.15) is 24.0 Å². The van der Waals surface area contributed by atoms with Gasteiger partial charge < -0.3 is 15.2 Å². The van der Waals surface area contributed by atoms with Gasteiger partial charge in [0.15, 0.2) is 0 Å². The summed E-state index contributed by atoms with van der Waals surface area (Å²) in [6.07, 6.45) is 0. The highest BCUT2D eigenvalue weighted by Crippen LogP contribution is 2.31. The maximum absolute atomic E-state index is 13.0. The molecule has 3 rings (SSSR count). The van der Waals surface area contributed by atoms with Gasteiger partial charge in [0.2, 0.25) is 5.91 Å². The molecule has 0 aliphatic heterocycles. The normalized spacial score (nSPS) is 12.1. The Kier molecular flexibility index (Phi) is 7.97. The largest absolute Gasteiger partial charge is 0.492 e. The Morgan fingerprint density at radius 2 is 1.76 bits per heavy atom. The molecule has 9 heteroatoms. The first-order valence-electron chi connectivity index (χ1n) is 10.3. The second-order valence-electron chi connectivity index (χ2n) is 7.30. The first kappa shape index (κ1) is 24.6. The van der Waals surface area contributed by atoms with Gasteiger partial charge in [0.25, 0.3) is 10.0 Å². The van der Waals surface area contributed by atoms with Crippen molar-refractivity contribution >= 4 is 38.9 Å². The molecule has 0 spiro atoms. The number of hydrogen-bond acceptors (Lipinski definition) is 5. The first-order valence-corrected chi connectivity index (χ1v) is 12.1. The number of aliphatic hydroxyl groups is 1.